The maximum atomic E-state index is 12.8. The molecule has 1 saturated heterocycles. The highest BCUT2D eigenvalue weighted by Crippen LogP contribution is 2.24. The van der Waals surface area contributed by atoms with Crippen molar-refractivity contribution in [2.75, 3.05) is 12.0 Å². The summed E-state index contributed by atoms with van der Waals surface area (Å²) in [6.45, 7) is 3.77. The Hall–Kier alpha value is -3.41. The number of carbonyl (C=O) groups is 3. The molecule has 0 atom stereocenters. The van der Waals surface area contributed by atoms with Crippen LogP contribution in [0.5, 0.6) is 5.75 Å². The first-order chi connectivity index (χ1) is 12.4. The number of nitrogens with zero attached hydrogens (tertiary/aromatic N) is 1. The van der Waals surface area contributed by atoms with Crippen molar-refractivity contribution in [3.05, 3.63) is 64.7 Å². The lowest BCUT2D eigenvalue weighted by Gasteiger charge is -2.26. The predicted octanol–water partition coefficient (Wildman–Crippen LogP) is 2.98. The standard InChI is InChI=1S/C20H18N2O4/c1-12-4-7-15(8-5-12)22-19(24)16(18(23)21-20(22)25)11-14-6-9-17(26-3)13(2)10-14/h4-11H,1-3H3,(H,21,23,25)/b16-11+. The molecule has 0 saturated carbocycles. The van der Waals surface area contributed by atoms with Gasteiger partial charge in [-0.25, -0.2) is 9.69 Å². The molecule has 2 aromatic rings. The fourth-order valence-electron chi connectivity index (χ4n) is 2.74. The molecule has 1 aliphatic heterocycles. The summed E-state index contributed by atoms with van der Waals surface area (Å²) in [7, 11) is 1.57. The zero-order valence-electron chi connectivity index (χ0n) is 14.7. The van der Waals surface area contributed by atoms with Gasteiger partial charge in [0.05, 0.1) is 12.8 Å². The zero-order valence-corrected chi connectivity index (χ0v) is 14.7. The number of ether oxygens (including phenoxy) is 1. The molecule has 1 aliphatic rings. The minimum absolute atomic E-state index is 0.102. The molecule has 0 spiro atoms. The van der Waals surface area contributed by atoms with Gasteiger partial charge < -0.3 is 4.74 Å². The Bertz CT molecular complexity index is 929. The molecule has 1 N–H and O–H groups in total. The Balaban J connectivity index is 1.99. The Morgan fingerprint density at radius 3 is 2.31 bits per heavy atom. The van der Waals surface area contributed by atoms with E-state index in [1.54, 1.807) is 49.6 Å². The Morgan fingerprint density at radius 1 is 1.00 bits per heavy atom. The first kappa shape index (κ1) is 17.4. The molecule has 4 amide bonds. The van der Waals surface area contributed by atoms with E-state index in [0.29, 0.717) is 17.0 Å². The van der Waals surface area contributed by atoms with Crippen molar-refractivity contribution in [2.24, 2.45) is 0 Å². The van der Waals surface area contributed by atoms with Crippen LogP contribution in [0.2, 0.25) is 0 Å². The maximum Gasteiger partial charge on any atom is 0.335 e. The summed E-state index contributed by atoms with van der Waals surface area (Å²) in [6, 6.07) is 11.5. The second-order valence-electron chi connectivity index (χ2n) is 6.02. The van der Waals surface area contributed by atoms with Crippen LogP contribution in [0, 0.1) is 13.8 Å². The molecule has 6 heteroatoms. The molecule has 1 heterocycles. The molecule has 3 rings (SSSR count). The quantitative estimate of drug-likeness (QED) is 0.682. The van der Waals surface area contributed by atoms with Gasteiger partial charge in [-0.2, -0.15) is 0 Å². The number of hydrogen-bond donors (Lipinski definition) is 1. The number of methoxy groups -OCH3 is 1. The van der Waals surface area contributed by atoms with Crippen molar-refractivity contribution in [3.8, 4) is 5.75 Å². The highest BCUT2D eigenvalue weighted by Gasteiger charge is 2.36. The van der Waals surface area contributed by atoms with Crippen LogP contribution >= 0.6 is 0 Å². The largest absolute Gasteiger partial charge is 0.496 e. The molecule has 0 radical (unpaired) electrons. The van der Waals surface area contributed by atoms with Gasteiger partial charge >= 0.3 is 6.03 Å². The molecule has 0 aromatic heterocycles. The lowest BCUT2D eigenvalue weighted by atomic mass is 10.0. The third-order valence-electron chi connectivity index (χ3n) is 4.12. The first-order valence-corrected chi connectivity index (χ1v) is 8.03. The monoisotopic (exact) mass is 350 g/mol. The van der Waals surface area contributed by atoms with Crippen molar-refractivity contribution in [1.82, 2.24) is 5.32 Å². The minimum Gasteiger partial charge on any atom is -0.496 e. The van der Waals surface area contributed by atoms with Crippen LogP contribution in [0.15, 0.2) is 48.0 Å². The van der Waals surface area contributed by atoms with Crippen LogP contribution < -0.4 is 15.0 Å². The number of rotatable bonds is 3. The lowest BCUT2D eigenvalue weighted by Crippen LogP contribution is -2.54. The first-order valence-electron chi connectivity index (χ1n) is 8.03. The van der Waals surface area contributed by atoms with Crippen molar-refractivity contribution in [1.29, 1.82) is 0 Å². The van der Waals surface area contributed by atoms with Gasteiger partial charge in [-0.3, -0.25) is 14.9 Å². The van der Waals surface area contributed by atoms with E-state index in [-0.39, 0.29) is 5.57 Å². The van der Waals surface area contributed by atoms with E-state index in [9.17, 15) is 14.4 Å². The van der Waals surface area contributed by atoms with Crippen molar-refractivity contribution >= 4 is 29.6 Å². The van der Waals surface area contributed by atoms with Gasteiger partial charge in [0, 0.05) is 0 Å². The molecule has 26 heavy (non-hydrogen) atoms. The second kappa shape index (κ2) is 6.84. The van der Waals surface area contributed by atoms with Crippen LogP contribution in [-0.4, -0.2) is 25.0 Å². The van der Waals surface area contributed by atoms with E-state index < -0.39 is 17.8 Å². The van der Waals surface area contributed by atoms with Gasteiger partial charge in [0.1, 0.15) is 11.3 Å². The van der Waals surface area contributed by atoms with Crippen LogP contribution in [-0.2, 0) is 9.59 Å². The average molecular weight is 350 g/mol. The zero-order chi connectivity index (χ0) is 18.8. The predicted molar refractivity (Wildman–Crippen MR) is 97.9 cm³/mol. The SMILES string of the molecule is COc1ccc(/C=C2\C(=O)NC(=O)N(c3ccc(C)cc3)C2=O)cc1C. The third-order valence-corrected chi connectivity index (χ3v) is 4.12. The van der Waals surface area contributed by atoms with E-state index >= 15 is 0 Å². The number of hydrogen-bond acceptors (Lipinski definition) is 4. The van der Waals surface area contributed by atoms with Gasteiger partial charge in [0.15, 0.2) is 0 Å². The number of urea groups is 1. The molecule has 132 valence electrons. The molecule has 0 unspecified atom stereocenters. The summed E-state index contributed by atoms with van der Waals surface area (Å²) in [4.78, 5) is 38.1. The highest BCUT2D eigenvalue weighted by molar-refractivity contribution is 6.39. The van der Waals surface area contributed by atoms with Crippen molar-refractivity contribution in [3.63, 3.8) is 0 Å². The van der Waals surface area contributed by atoms with Gasteiger partial charge in [0.2, 0.25) is 0 Å². The summed E-state index contributed by atoms with van der Waals surface area (Å²) < 4.78 is 5.21. The van der Waals surface area contributed by atoms with Gasteiger partial charge in [-0.1, -0.05) is 23.8 Å². The summed E-state index contributed by atoms with van der Waals surface area (Å²) in [6.07, 6.45) is 1.47. The second-order valence-corrected chi connectivity index (χ2v) is 6.02. The van der Waals surface area contributed by atoms with Gasteiger partial charge in [-0.05, 0) is 55.3 Å². The number of carbonyl (C=O) groups excluding carboxylic acids is 3. The van der Waals surface area contributed by atoms with Crippen LogP contribution in [0.3, 0.4) is 0 Å². The van der Waals surface area contributed by atoms with E-state index in [4.69, 9.17) is 4.74 Å². The summed E-state index contributed by atoms with van der Waals surface area (Å²) >= 11 is 0. The highest BCUT2D eigenvalue weighted by atomic mass is 16.5. The van der Waals surface area contributed by atoms with Crippen molar-refractivity contribution in [2.45, 2.75) is 13.8 Å². The van der Waals surface area contributed by atoms with E-state index in [1.807, 2.05) is 13.8 Å². The van der Waals surface area contributed by atoms with Gasteiger partial charge in [0.25, 0.3) is 11.8 Å². The van der Waals surface area contributed by atoms with Crippen LogP contribution in [0.25, 0.3) is 6.08 Å². The molecular weight excluding hydrogens is 332 g/mol. The lowest BCUT2D eigenvalue weighted by molar-refractivity contribution is -0.122. The Labute approximate surface area is 151 Å². The number of amides is 4. The summed E-state index contributed by atoms with van der Waals surface area (Å²) in [5.41, 5.74) is 2.84. The third kappa shape index (κ3) is 3.21. The summed E-state index contributed by atoms with van der Waals surface area (Å²) in [5.74, 6) is -0.657. The average Bonchev–Trinajstić information content (AvgIpc) is 2.60. The number of imide groups is 2. The molecular formula is C20H18N2O4. The minimum atomic E-state index is -0.757. The van der Waals surface area contributed by atoms with Crippen molar-refractivity contribution < 1.29 is 19.1 Å². The Morgan fingerprint density at radius 2 is 1.69 bits per heavy atom. The van der Waals surface area contributed by atoms with Crippen LogP contribution in [0.4, 0.5) is 10.5 Å². The summed E-state index contributed by atoms with van der Waals surface area (Å²) in [5, 5.41) is 2.21. The fraction of sp³-hybridized carbons (Fsp3) is 0.150. The smallest absolute Gasteiger partial charge is 0.335 e. The molecule has 0 bridgehead atoms. The number of benzene rings is 2. The Kier molecular flexibility index (Phi) is 4.58. The fourth-order valence-corrected chi connectivity index (χ4v) is 2.74. The molecule has 6 nitrogen and oxygen atoms in total. The number of barbiturate groups is 1. The molecule has 1 fully saturated rings. The van der Waals surface area contributed by atoms with E-state index in [1.165, 1.54) is 6.08 Å². The van der Waals surface area contributed by atoms with Crippen LogP contribution in [0.1, 0.15) is 16.7 Å². The maximum absolute atomic E-state index is 12.8. The van der Waals surface area contributed by atoms with Gasteiger partial charge in [-0.15, -0.1) is 0 Å². The topological polar surface area (TPSA) is 75.7 Å². The number of nitrogens with one attached hydrogen (secondary N) is 1. The van der Waals surface area contributed by atoms with E-state index in [2.05, 4.69) is 5.32 Å². The van der Waals surface area contributed by atoms with E-state index in [0.717, 1.165) is 16.0 Å². The molecule has 2 aromatic carbocycles. The molecule has 0 aliphatic carbocycles. The normalized spacial score (nSPS) is 16.0. The number of aryl methyl sites for hydroxylation is 2. The number of anilines is 1.